The Balaban J connectivity index is 2.05. The lowest BCUT2D eigenvalue weighted by molar-refractivity contribution is 0.585. The van der Waals surface area contributed by atoms with Crippen LogP contribution in [-0.2, 0) is 10.0 Å². The zero-order chi connectivity index (χ0) is 17.7. The second-order valence-corrected chi connectivity index (χ2v) is 7.57. The van der Waals surface area contributed by atoms with Crippen molar-refractivity contribution in [3.63, 3.8) is 0 Å². The summed E-state index contributed by atoms with van der Waals surface area (Å²) in [6.45, 7) is 1.71. The van der Waals surface area contributed by atoms with Gasteiger partial charge in [-0.05, 0) is 48.9 Å². The molecule has 0 saturated carbocycles. The SMILES string of the molecule is Cc1c(Cl)cccc1S(=O)(=O)NCC#Cc1ccc(N(C)C)cc1. The maximum absolute atomic E-state index is 12.3. The first-order valence-corrected chi connectivity index (χ1v) is 9.18. The van der Waals surface area contributed by atoms with Gasteiger partial charge in [0, 0.05) is 30.4 Å². The molecule has 0 bridgehead atoms. The van der Waals surface area contributed by atoms with Gasteiger partial charge < -0.3 is 4.90 Å². The third kappa shape index (κ3) is 4.51. The van der Waals surface area contributed by atoms with Crippen LogP contribution in [-0.4, -0.2) is 29.1 Å². The zero-order valence-electron chi connectivity index (χ0n) is 13.8. The van der Waals surface area contributed by atoms with Crippen LogP contribution in [0.5, 0.6) is 0 Å². The summed E-state index contributed by atoms with van der Waals surface area (Å²) in [7, 11) is 0.302. The van der Waals surface area contributed by atoms with E-state index in [9.17, 15) is 8.42 Å². The van der Waals surface area contributed by atoms with Crippen molar-refractivity contribution in [1.29, 1.82) is 0 Å². The molecule has 2 rings (SSSR count). The summed E-state index contributed by atoms with van der Waals surface area (Å²) in [6, 6.07) is 12.5. The number of rotatable bonds is 4. The van der Waals surface area contributed by atoms with Crippen molar-refractivity contribution in [3.05, 3.63) is 58.6 Å². The van der Waals surface area contributed by atoms with Gasteiger partial charge in [0.25, 0.3) is 0 Å². The molecule has 0 aliphatic heterocycles. The average molecular weight is 363 g/mol. The number of benzene rings is 2. The van der Waals surface area contributed by atoms with Crippen molar-refractivity contribution in [2.45, 2.75) is 11.8 Å². The molecule has 0 heterocycles. The molecule has 1 N–H and O–H groups in total. The highest BCUT2D eigenvalue weighted by Crippen LogP contribution is 2.22. The van der Waals surface area contributed by atoms with Gasteiger partial charge in [-0.15, -0.1) is 0 Å². The topological polar surface area (TPSA) is 49.4 Å². The highest BCUT2D eigenvalue weighted by molar-refractivity contribution is 7.89. The smallest absolute Gasteiger partial charge is 0.241 e. The van der Waals surface area contributed by atoms with Crippen LogP contribution in [0.15, 0.2) is 47.4 Å². The molecule has 0 radical (unpaired) electrons. The summed E-state index contributed by atoms with van der Waals surface area (Å²) >= 11 is 5.97. The normalized spacial score (nSPS) is 10.8. The summed E-state index contributed by atoms with van der Waals surface area (Å²) in [6.07, 6.45) is 0. The number of hydrogen-bond donors (Lipinski definition) is 1. The maximum Gasteiger partial charge on any atom is 0.241 e. The summed E-state index contributed by atoms with van der Waals surface area (Å²) in [5.74, 6) is 5.76. The van der Waals surface area contributed by atoms with Gasteiger partial charge in [0.2, 0.25) is 10.0 Å². The molecule has 0 aliphatic rings. The molecule has 0 unspecified atom stereocenters. The standard InChI is InChI=1S/C18H19ClN2O2S/c1-14-17(19)7-4-8-18(14)24(22,23)20-13-5-6-15-9-11-16(12-10-15)21(2)3/h4,7-12,20H,13H2,1-3H3. The Morgan fingerprint density at radius 1 is 1.12 bits per heavy atom. The van der Waals surface area contributed by atoms with E-state index in [0.717, 1.165) is 11.3 Å². The lowest BCUT2D eigenvalue weighted by Gasteiger charge is -2.11. The van der Waals surface area contributed by atoms with E-state index >= 15 is 0 Å². The fourth-order valence-electron chi connectivity index (χ4n) is 2.08. The molecule has 0 saturated heterocycles. The van der Waals surface area contributed by atoms with E-state index in [4.69, 9.17) is 11.6 Å². The van der Waals surface area contributed by atoms with Crippen molar-refractivity contribution in [3.8, 4) is 11.8 Å². The summed E-state index contributed by atoms with van der Waals surface area (Å²) < 4.78 is 27.1. The van der Waals surface area contributed by atoms with Gasteiger partial charge in [0.15, 0.2) is 0 Å². The molecule has 6 heteroatoms. The van der Waals surface area contributed by atoms with Gasteiger partial charge in [-0.1, -0.05) is 29.5 Å². The molecule has 0 fully saturated rings. The summed E-state index contributed by atoms with van der Waals surface area (Å²) in [5.41, 5.74) is 2.44. The van der Waals surface area contributed by atoms with Crippen LogP contribution in [0.25, 0.3) is 0 Å². The Bertz CT molecular complexity index is 879. The van der Waals surface area contributed by atoms with Crippen molar-refractivity contribution in [1.82, 2.24) is 4.72 Å². The summed E-state index contributed by atoms with van der Waals surface area (Å²) in [4.78, 5) is 2.17. The molecule has 2 aromatic carbocycles. The molecule has 0 spiro atoms. The molecule has 0 atom stereocenters. The fraction of sp³-hybridized carbons (Fsp3) is 0.222. The van der Waals surface area contributed by atoms with Crippen LogP contribution >= 0.6 is 11.6 Å². The maximum atomic E-state index is 12.3. The number of hydrogen-bond acceptors (Lipinski definition) is 3. The molecule has 2 aromatic rings. The first-order chi connectivity index (χ1) is 11.3. The first kappa shape index (κ1) is 18.3. The van der Waals surface area contributed by atoms with Gasteiger partial charge in [-0.25, -0.2) is 8.42 Å². The van der Waals surface area contributed by atoms with Gasteiger partial charge in [0.05, 0.1) is 11.4 Å². The Kier molecular flexibility index (Phi) is 5.89. The second-order valence-electron chi connectivity index (χ2n) is 5.43. The third-order valence-corrected chi connectivity index (χ3v) is 5.43. The number of sulfonamides is 1. The molecule has 0 amide bonds. The quantitative estimate of drug-likeness (QED) is 0.850. The number of nitrogens with zero attached hydrogens (tertiary/aromatic N) is 1. The number of halogens is 1. The molecule has 126 valence electrons. The van der Waals surface area contributed by atoms with Crippen molar-refractivity contribution in [2.24, 2.45) is 0 Å². The third-order valence-electron chi connectivity index (χ3n) is 3.47. The summed E-state index contributed by atoms with van der Waals surface area (Å²) in [5, 5.41) is 0.421. The largest absolute Gasteiger partial charge is 0.378 e. The molecule has 0 aliphatic carbocycles. The van der Waals surface area contributed by atoms with Gasteiger partial charge in [-0.2, -0.15) is 4.72 Å². The number of anilines is 1. The van der Waals surface area contributed by atoms with E-state index in [1.807, 2.05) is 43.3 Å². The van der Waals surface area contributed by atoms with Crippen LogP contribution < -0.4 is 9.62 Å². The molecular formula is C18H19ClN2O2S. The van der Waals surface area contributed by atoms with Crippen molar-refractivity contribution >= 4 is 27.3 Å². The lowest BCUT2D eigenvalue weighted by atomic mass is 10.2. The van der Waals surface area contributed by atoms with Gasteiger partial charge >= 0.3 is 0 Å². The van der Waals surface area contributed by atoms with Crippen LogP contribution in [0.2, 0.25) is 5.02 Å². The second kappa shape index (κ2) is 7.71. The zero-order valence-corrected chi connectivity index (χ0v) is 15.4. The molecule has 0 aromatic heterocycles. The predicted molar refractivity (Wildman–Crippen MR) is 99.0 cm³/mol. The average Bonchev–Trinajstić information content (AvgIpc) is 2.54. The Morgan fingerprint density at radius 3 is 2.42 bits per heavy atom. The van der Waals surface area contributed by atoms with Gasteiger partial charge in [0.1, 0.15) is 0 Å². The Hall–Kier alpha value is -2.00. The molecule has 4 nitrogen and oxygen atoms in total. The first-order valence-electron chi connectivity index (χ1n) is 7.32. The minimum absolute atomic E-state index is 0.0315. The van der Waals surface area contributed by atoms with Crippen LogP contribution in [0.3, 0.4) is 0 Å². The van der Waals surface area contributed by atoms with E-state index in [1.165, 1.54) is 6.07 Å². The van der Waals surface area contributed by atoms with Crippen molar-refractivity contribution < 1.29 is 8.42 Å². The van der Waals surface area contributed by atoms with E-state index in [1.54, 1.807) is 19.1 Å². The van der Waals surface area contributed by atoms with Crippen LogP contribution in [0.4, 0.5) is 5.69 Å². The fourth-order valence-corrected chi connectivity index (χ4v) is 3.50. The minimum atomic E-state index is -3.63. The monoisotopic (exact) mass is 362 g/mol. The Morgan fingerprint density at radius 2 is 1.79 bits per heavy atom. The highest BCUT2D eigenvalue weighted by atomic mass is 35.5. The van der Waals surface area contributed by atoms with Crippen LogP contribution in [0, 0.1) is 18.8 Å². The minimum Gasteiger partial charge on any atom is -0.378 e. The predicted octanol–water partition coefficient (Wildman–Crippen LogP) is 3.04. The van der Waals surface area contributed by atoms with E-state index in [2.05, 4.69) is 16.6 Å². The number of nitrogens with one attached hydrogen (secondary N) is 1. The highest BCUT2D eigenvalue weighted by Gasteiger charge is 2.16. The van der Waals surface area contributed by atoms with E-state index in [-0.39, 0.29) is 11.4 Å². The lowest BCUT2D eigenvalue weighted by Crippen LogP contribution is -2.24. The van der Waals surface area contributed by atoms with Crippen molar-refractivity contribution in [2.75, 3.05) is 25.5 Å². The van der Waals surface area contributed by atoms with E-state index < -0.39 is 10.0 Å². The Labute approximate surface area is 148 Å². The van der Waals surface area contributed by atoms with E-state index in [0.29, 0.717) is 10.6 Å². The van der Waals surface area contributed by atoms with Gasteiger partial charge in [-0.3, -0.25) is 0 Å². The van der Waals surface area contributed by atoms with Crippen LogP contribution in [0.1, 0.15) is 11.1 Å². The molecular weight excluding hydrogens is 344 g/mol. The molecule has 24 heavy (non-hydrogen) atoms.